The highest BCUT2D eigenvalue weighted by Gasteiger charge is 2.61. The van der Waals surface area contributed by atoms with Gasteiger partial charge in [0.2, 0.25) is 5.91 Å². The number of amides is 2. The molecule has 5 heteroatoms. The second kappa shape index (κ2) is 6.61. The van der Waals surface area contributed by atoms with E-state index < -0.39 is 0 Å². The van der Waals surface area contributed by atoms with Gasteiger partial charge in [-0.1, -0.05) is 13.3 Å². The highest BCUT2D eigenvalue weighted by atomic mass is 32.1. The molecular weight excluding hydrogens is 356 g/mol. The van der Waals surface area contributed by atoms with E-state index in [0.717, 1.165) is 60.1 Å². The lowest BCUT2D eigenvalue weighted by Gasteiger charge is -2.31. The van der Waals surface area contributed by atoms with Gasteiger partial charge in [0.1, 0.15) is 5.00 Å². The lowest BCUT2D eigenvalue weighted by Crippen LogP contribution is -2.38. The van der Waals surface area contributed by atoms with E-state index in [4.69, 9.17) is 0 Å². The Morgan fingerprint density at radius 1 is 1.19 bits per heavy atom. The zero-order valence-corrected chi connectivity index (χ0v) is 17.0. The molecule has 1 aromatic heterocycles. The number of anilines is 1. The van der Waals surface area contributed by atoms with E-state index in [2.05, 4.69) is 22.9 Å². The monoisotopic (exact) mass is 386 g/mol. The summed E-state index contributed by atoms with van der Waals surface area (Å²) in [7, 11) is 0. The second-order valence-electron chi connectivity index (χ2n) is 9.43. The summed E-state index contributed by atoms with van der Waals surface area (Å²) in [5, 5.41) is 9.20. The first-order valence-electron chi connectivity index (χ1n) is 10.8. The summed E-state index contributed by atoms with van der Waals surface area (Å²) in [4.78, 5) is 26.3. The van der Waals surface area contributed by atoms with Crippen molar-refractivity contribution in [3.05, 3.63) is 16.5 Å². The first kappa shape index (κ1) is 17.7. The fourth-order valence-electron chi connectivity index (χ4n) is 6.44. The van der Waals surface area contributed by atoms with Crippen LogP contribution in [0.5, 0.6) is 0 Å². The molecule has 1 aromatic rings. The van der Waals surface area contributed by atoms with E-state index in [1.807, 2.05) is 0 Å². The van der Waals surface area contributed by atoms with Crippen LogP contribution in [0.25, 0.3) is 0 Å². The van der Waals surface area contributed by atoms with Gasteiger partial charge < -0.3 is 10.6 Å². The van der Waals surface area contributed by atoms with Crippen molar-refractivity contribution in [1.29, 1.82) is 0 Å². The number of hydrogen-bond acceptors (Lipinski definition) is 3. The molecule has 4 atom stereocenters. The molecule has 3 unspecified atom stereocenters. The molecule has 0 spiro atoms. The molecule has 5 aliphatic carbocycles. The van der Waals surface area contributed by atoms with Gasteiger partial charge in [-0.15, -0.1) is 11.3 Å². The van der Waals surface area contributed by atoms with Crippen molar-refractivity contribution in [2.75, 3.05) is 11.9 Å². The minimum absolute atomic E-state index is 0.00922. The Bertz CT molecular complexity index is 752. The third-order valence-electron chi connectivity index (χ3n) is 7.80. The van der Waals surface area contributed by atoms with Gasteiger partial charge in [0.25, 0.3) is 5.91 Å². The molecule has 2 N–H and O–H groups in total. The van der Waals surface area contributed by atoms with E-state index in [9.17, 15) is 9.59 Å². The molecule has 5 fully saturated rings. The van der Waals surface area contributed by atoms with Crippen LogP contribution < -0.4 is 10.6 Å². The second-order valence-corrected chi connectivity index (χ2v) is 10.3. The molecule has 5 aliphatic rings. The molecule has 5 saturated carbocycles. The predicted octanol–water partition coefficient (Wildman–Crippen LogP) is 4.92. The number of rotatable bonds is 6. The highest BCUT2D eigenvalue weighted by Crippen LogP contribution is 2.65. The van der Waals surface area contributed by atoms with Gasteiger partial charge in [-0.05, 0) is 86.0 Å². The molecule has 146 valence electrons. The Balaban J connectivity index is 1.40. The third-order valence-corrected chi connectivity index (χ3v) is 8.71. The smallest absolute Gasteiger partial charge is 0.254 e. The highest BCUT2D eigenvalue weighted by molar-refractivity contribution is 7.15. The zero-order chi connectivity index (χ0) is 18.6. The van der Waals surface area contributed by atoms with Crippen molar-refractivity contribution in [1.82, 2.24) is 5.32 Å². The largest absolute Gasteiger partial charge is 0.352 e. The van der Waals surface area contributed by atoms with Crippen molar-refractivity contribution >= 4 is 28.2 Å². The minimum atomic E-state index is -0.147. The van der Waals surface area contributed by atoms with Crippen molar-refractivity contribution in [3.8, 4) is 0 Å². The zero-order valence-electron chi connectivity index (χ0n) is 16.2. The quantitative estimate of drug-likeness (QED) is 0.729. The molecule has 4 nitrogen and oxygen atoms in total. The van der Waals surface area contributed by atoms with Crippen LogP contribution in [-0.4, -0.2) is 18.4 Å². The van der Waals surface area contributed by atoms with Crippen LogP contribution in [0.15, 0.2) is 5.38 Å². The summed E-state index contributed by atoms with van der Waals surface area (Å²) >= 11 is 1.55. The Morgan fingerprint density at radius 2 is 1.93 bits per heavy atom. The van der Waals surface area contributed by atoms with E-state index in [-0.39, 0.29) is 17.2 Å². The molecule has 0 aliphatic heterocycles. The van der Waals surface area contributed by atoms with Gasteiger partial charge >= 0.3 is 0 Å². The van der Waals surface area contributed by atoms with Gasteiger partial charge in [-0.2, -0.15) is 0 Å². The summed E-state index contributed by atoms with van der Waals surface area (Å²) in [6.07, 6.45) is 10.4. The molecule has 4 bridgehead atoms. The van der Waals surface area contributed by atoms with Crippen LogP contribution in [0.4, 0.5) is 5.00 Å². The lowest BCUT2D eigenvalue weighted by molar-refractivity contribution is -0.127. The van der Waals surface area contributed by atoms with E-state index in [1.165, 1.54) is 25.7 Å². The first-order chi connectivity index (χ1) is 13.1. The van der Waals surface area contributed by atoms with Gasteiger partial charge in [-0.3, -0.25) is 9.59 Å². The van der Waals surface area contributed by atoms with Gasteiger partial charge in [0, 0.05) is 6.54 Å². The molecule has 0 saturated heterocycles. The van der Waals surface area contributed by atoms with Crippen LogP contribution >= 0.6 is 11.3 Å². The topological polar surface area (TPSA) is 58.2 Å². The van der Waals surface area contributed by atoms with E-state index >= 15 is 0 Å². The van der Waals surface area contributed by atoms with Crippen molar-refractivity contribution in [2.45, 2.75) is 70.6 Å². The maximum absolute atomic E-state index is 13.4. The first-order valence-corrected chi connectivity index (χ1v) is 11.7. The molecule has 1 heterocycles. The SMILES string of the molecule is CCCNC(=O)c1c(C2CCC2)csc1NC(=O)C12CC3CC1C[C@@H](C3)C2. The maximum atomic E-state index is 13.4. The van der Waals surface area contributed by atoms with E-state index in [1.54, 1.807) is 11.3 Å². The average Bonchev–Trinajstić information content (AvgIpc) is 3.19. The Hall–Kier alpha value is -1.36. The minimum Gasteiger partial charge on any atom is -0.352 e. The molecular formula is C22H30N2O2S. The van der Waals surface area contributed by atoms with E-state index in [0.29, 0.717) is 18.4 Å². The number of thiophene rings is 1. The van der Waals surface area contributed by atoms with Crippen molar-refractivity contribution in [3.63, 3.8) is 0 Å². The Morgan fingerprint density at radius 3 is 2.56 bits per heavy atom. The summed E-state index contributed by atoms with van der Waals surface area (Å²) in [6, 6.07) is 0. The standard InChI is InChI=1S/C22H30N2O2S/c1-2-6-23-19(25)18-17(15-4-3-5-15)12-27-20(18)24-21(26)22-10-13-7-14(11-22)9-16(22)8-13/h12-16H,2-11H2,1H3,(H,23,25)(H,24,26)/t13-,14?,16?,22?/m1/s1. The normalized spacial score (nSPS) is 33.9. The molecule has 0 radical (unpaired) electrons. The fraction of sp³-hybridized carbons (Fsp3) is 0.727. The van der Waals surface area contributed by atoms with Gasteiger partial charge in [0.15, 0.2) is 0 Å². The van der Waals surface area contributed by atoms with Crippen LogP contribution in [0.3, 0.4) is 0 Å². The summed E-state index contributed by atoms with van der Waals surface area (Å²) < 4.78 is 0. The fourth-order valence-corrected chi connectivity index (χ4v) is 7.47. The van der Waals surface area contributed by atoms with Crippen LogP contribution in [0.2, 0.25) is 0 Å². The average molecular weight is 387 g/mol. The lowest BCUT2D eigenvalue weighted by atomic mass is 9.75. The maximum Gasteiger partial charge on any atom is 0.254 e. The van der Waals surface area contributed by atoms with Crippen molar-refractivity contribution < 1.29 is 9.59 Å². The number of carbonyl (C=O) groups excluding carboxylic acids is 2. The summed E-state index contributed by atoms with van der Waals surface area (Å²) in [5.41, 5.74) is 1.76. The molecule has 2 amide bonds. The van der Waals surface area contributed by atoms with Crippen molar-refractivity contribution in [2.24, 2.45) is 23.2 Å². The molecule has 6 rings (SSSR count). The van der Waals surface area contributed by atoms with Gasteiger partial charge in [0.05, 0.1) is 11.0 Å². The summed E-state index contributed by atoms with van der Waals surface area (Å²) in [5.74, 6) is 2.77. The molecule has 0 aromatic carbocycles. The number of carbonyl (C=O) groups is 2. The number of hydrogen-bond donors (Lipinski definition) is 2. The summed E-state index contributed by atoms with van der Waals surface area (Å²) in [6.45, 7) is 2.75. The number of nitrogens with one attached hydrogen (secondary N) is 2. The Labute approximate surface area is 165 Å². The predicted molar refractivity (Wildman–Crippen MR) is 108 cm³/mol. The van der Waals surface area contributed by atoms with Crippen LogP contribution in [0.1, 0.15) is 86.6 Å². The van der Waals surface area contributed by atoms with Gasteiger partial charge in [-0.25, -0.2) is 0 Å². The van der Waals surface area contributed by atoms with Crippen LogP contribution in [-0.2, 0) is 4.79 Å². The Kier molecular flexibility index (Phi) is 4.34. The van der Waals surface area contributed by atoms with Crippen LogP contribution in [0, 0.1) is 23.2 Å². The third kappa shape index (κ3) is 2.76. The molecule has 27 heavy (non-hydrogen) atoms.